The van der Waals surface area contributed by atoms with Crippen LogP contribution in [-0.4, -0.2) is 49.4 Å². The van der Waals surface area contributed by atoms with Gasteiger partial charge in [0.2, 0.25) is 5.91 Å². The van der Waals surface area contributed by atoms with Crippen LogP contribution in [0, 0.1) is 5.82 Å². The summed E-state index contributed by atoms with van der Waals surface area (Å²) in [5.41, 5.74) is 3.01. The zero-order valence-corrected chi connectivity index (χ0v) is 20.0. The molecule has 0 radical (unpaired) electrons. The summed E-state index contributed by atoms with van der Waals surface area (Å²) in [6.45, 7) is 3.24. The lowest BCUT2D eigenvalue weighted by atomic mass is 10.0. The Morgan fingerprint density at radius 3 is 2.83 bits per heavy atom. The average Bonchev–Trinajstić information content (AvgIpc) is 3.59. The van der Waals surface area contributed by atoms with Crippen LogP contribution in [0.1, 0.15) is 25.5 Å². The lowest BCUT2D eigenvalue weighted by Crippen LogP contribution is -2.33. The van der Waals surface area contributed by atoms with E-state index < -0.39 is 12.2 Å². The Morgan fingerprint density at radius 1 is 1.29 bits per heavy atom. The lowest BCUT2D eigenvalue weighted by Gasteiger charge is -2.31. The largest absolute Gasteiger partial charge is 0.442 e. The first-order valence-electron chi connectivity index (χ1n) is 11.4. The first kappa shape index (κ1) is 23.1. The van der Waals surface area contributed by atoms with Crippen molar-refractivity contribution in [3.8, 4) is 10.6 Å². The van der Waals surface area contributed by atoms with Crippen LogP contribution in [0.25, 0.3) is 16.6 Å². The maximum Gasteiger partial charge on any atom is 0.414 e. The van der Waals surface area contributed by atoms with Crippen LogP contribution in [0.15, 0.2) is 51.9 Å². The number of piperidine rings is 1. The van der Waals surface area contributed by atoms with E-state index in [1.54, 1.807) is 23.5 Å². The first-order chi connectivity index (χ1) is 17.0. The number of halogens is 1. The number of cyclic esters (lactones) is 1. The van der Waals surface area contributed by atoms with Gasteiger partial charge in [-0.3, -0.25) is 9.69 Å². The van der Waals surface area contributed by atoms with E-state index in [1.165, 1.54) is 23.5 Å². The zero-order chi connectivity index (χ0) is 24.4. The minimum Gasteiger partial charge on any atom is -0.442 e. The number of amides is 2. The number of thiophene rings is 1. The number of rotatable bonds is 6. The third-order valence-corrected chi connectivity index (χ3v) is 6.98. The van der Waals surface area contributed by atoms with Gasteiger partial charge in [0, 0.05) is 26.1 Å². The van der Waals surface area contributed by atoms with E-state index in [0.29, 0.717) is 24.5 Å². The Kier molecular flexibility index (Phi) is 6.54. The molecule has 35 heavy (non-hydrogen) atoms. The van der Waals surface area contributed by atoms with E-state index in [4.69, 9.17) is 9.26 Å². The molecule has 2 aromatic heterocycles. The number of anilines is 2. The number of hydrogen-bond acceptors (Lipinski definition) is 7. The molecule has 1 atom stereocenters. The number of aromatic nitrogens is 1. The van der Waals surface area contributed by atoms with Gasteiger partial charge in [0.15, 0.2) is 5.76 Å². The van der Waals surface area contributed by atoms with Gasteiger partial charge in [0.1, 0.15) is 17.6 Å². The van der Waals surface area contributed by atoms with Gasteiger partial charge in [-0.1, -0.05) is 16.8 Å². The summed E-state index contributed by atoms with van der Waals surface area (Å²) in [5, 5.41) is 8.78. The highest BCUT2D eigenvalue weighted by molar-refractivity contribution is 7.13. The molecule has 2 aliphatic heterocycles. The third-order valence-electron chi connectivity index (χ3n) is 6.09. The molecule has 2 aliphatic rings. The van der Waals surface area contributed by atoms with Crippen molar-refractivity contribution in [2.24, 2.45) is 0 Å². The molecule has 2 fully saturated rings. The average molecular weight is 497 g/mol. The molecule has 5 rings (SSSR count). The molecule has 8 nitrogen and oxygen atoms in total. The summed E-state index contributed by atoms with van der Waals surface area (Å²) < 4.78 is 25.8. The van der Waals surface area contributed by atoms with E-state index in [0.717, 1.165) is 29.2 Å². The third kappa shape index (κ3) is 5.22. The summed E-state index contributed by atoms with van der Waals surface area (Å²) in [6, 6.07) is 10.7. The Balaban J connectivity index is 1.20. The fraction of sp³-hybridized carbons (Fsp3) is 0.320. The molecule has 1 aromatic carbocycles. The molecule has 0 saturated carbocycles. The fourth-order valence-corrected chi connectivity index (χ4v) is 4.97. The number of benzene rings is 1. The number of ether oxygens (including phenoxy) is 1. The van der Waals surface area contributed by atoms with Crippen LogP contribution in [-0.2, 0) is 9.53 Å². The monoisotopic (exact) mass is 496 g/mol. The van der Waals surface area contributed by atoms with E-state index in [9.17, 15) is 9.59 Å². The Labute approximate surface area is 206 Å². The quantitative estimate of drug-likeness (QED) is 0.533. The van der Waals surface area contributed by atoms with Crippen LogP contribution in [0.2, 0.25) is 0 Å². The zero-order valence-electron chi connectivity index (χ0n) is 19.2. The van der Waals surface area contributed by atoms with Crippen molar-refractivity contribution >= 4 is 40.8 Å². The number of carbonyl (C=O) groups is 2. The van der Waals surface area contributed by atoms with Gasteiger partial charge in [0.05, 0.1) is 29.3 Å². The predicted molar refractivity (Wildman–Crippen MR) is 132 cm³/mol. The molecule has 2 saturated heterocycles. The maximum absolute atomic E-state index is 15.0. The summed E-state index contributed by atoms with van der Waals surface area (Å²) in [6.07, 6.45) is 2.60. The van der Waals surface area contributed by atoms with E-state index in [2.05, 4.69) is 10.5 Å². The first-order valence-corrected chi connectivity index (χ1v) is 12.3. The summed E-state index contributed by atoms with van der Waals surface area (Å²) in [7, 11) is 0. The van der Waals surface area contributed by atoms with Crippen molar-refractivity contribution in [2.45, 2.75) is 25.9 Å². The van der Waals surface area contributed by atoms with Crippen LogP contribution < -0.4 is 15.1 Å². The van der Waals surface area contributed by atoms with Crippen molar-refractivity contribution in [2.75, 3.05) is 36.0 Å². The second-order valence-electron chi connectivity index (χ2n) is 8.57. The highest BCUT2D eigenvalue weighted by atomic mass is 32.1. The second-order valence-corrected chi connectivity index (χ2v) is 9.52. The summed E-state index contributed by atoms with van der Waals surface area (Å²) in [5.74, 6) is 0.143. The molecular formula is C25H25FN4O4S. The molecule has 0 unspecified atom stereocenters. The molecule has 182 valence electrons. The van der Waals surface area contributed by atoms with Gasteiger partial charge >= 0.3 is 6.09 Å². The van der Waals surface area contributed by atoms with Gasteiger partial charge in [-0.15, -0.1) is 11.3 Å². The van der Waals surface area contributed by atoms with Crippen molar-refractivity contribution in [3.05, 3.63) is 58.9 Å². The molecule has 4 heterocycles. The molecule has 0 bridgehead atoms. The smallest absolute Gasteiger partial charge is 0.414 e. The van der Waals surface area contributed by atoms with Crippen molar-refractivity contribution in [1.29, 1.82) is 0 Å². The molecular weight excluding hydrogens is 471 g/mol. The van der Waals surface area contributed by atoms with Crippen LogP contribution >= 0.6 is 11.3 Å². The number of nitrogens with zero attached hydrogens (tertiary/aromatic N) is 3. The summed E-state index contributed by atoms with van der Waals surface area (Å²) >= 11 is 1.62. The van der Waals surface area contributed by atoms with Gasteiger partial charge in [-0.2, -0.15) is 0 Å². The van der Waals surface area contributed by atoms with E-state index >= 15 is 4.39 Å². The number of hydrogen-bond donors (Lipinski definition) is 1. The maximum atomic E-state index is 15.0. The fourth-order valence-electron chi connectivity index (χ4n) is 4.29. The van der Waals surface area contributed by atoms with E-state index in [1.807, 2.05) is 34.6 Å². The minimum absolute atomic E-state index is 0.196. The molecule has 3 aromatic rings. The normalized spacial score (nSPS) is 18.1. The van der Waals surface area contributed by atoms with Gasteiger partial charge in [-0.25, -0.2) is 9.18 Å². The number of nitrogens with one attached hydrogen (secondary N) is 1. The van der Waals surface area contributed by atoms with Crippen LogP contribution in [0.4, 0.5) is 20.6 Å². The molecule has 0 aliphatic carbocycles. The van der Waals surface area contributed by atoms with Crippen molar-refractivity contribution < 1.29 is 23.2 Å². The van der Waals surface area contributed by atoms with Crippen LogP contribution in [0.5, 0.6) is 0 Å². The predicted octanol–water partition coefficient (Wildman–Crippen LogP) is 4.69. The lowest BCUT2D eigenvalue weighted by molar-refractivity contribution is -0.119. The minimum atomic E-state index is -0.546. The van der Waals surface area contributed by atoms with Crippen molar-refractivity contribution in [3.63, 3.8) is 0 Å². The van der Waals surface area contributed by atoms with Gasteiger partial charge in [-0.05, 0) is 48.6 Å². The van der Waals surface area contributed by atoms with Crippen LogP contribution in [0.3, 0.4) is 0 Å². The standard InChI is InChI=1S/C25H25FN4O4S/c1-16(31)27-14-20-15-30(25(32)33-20)18-4-5-23(21(26)12-18)29-8-6-17(7-9-29)11-19-13-22(28-34-19)24-3-2-10-35-24/h2-5,10-13,20H,6-9,14-15H2,1H3,(H,27,31)/t20-/m0/s1. The summed E-state index contributed by atoms with van der Waals surface area (Å²) in [4.78, 5) is 27.8. The van der Waals surface area contributed by atoms with E-state index in [-0.39, 0.29) is 24.8 Å². The molecule has 0 spiro atoms. The SMILES string of the molecule is CC(=O)NC[C@H]1CN(c2ccc(N3CCC(=Cc4cc(-c5cccs5)no4)CC3)c(F)c2)C(=O)O1. The van der Waals surface area contributed by atoms with Crippen molar-refractivity contribution in [1.82, 2.24) is 10.5 Å². The van der Waals surface area contributed by atoms with Gasteiger partial charge < -0.3 is 19.5 Å². The Morgan fingerprint density at radius 2 is 2.11 bits per heavy atom. The number of carbonyl (C=O) groups excluding carboxylic acids is 2. The Bertz CT molecular complexity index is 1250. The topological polar surface area (TPSA) is 87.9 Å². The second kappa shape index (κ2) is 9.91. The highest BCUT2D eigenvalue weighted by Gasteiger charge is 2.33. The Hall–Kier alpha value is -3.66. The molecule has 2 amide bonds. The molecule has 1 N–H and O–H groups in total. The van der Waals surface area contributed by atoms with Gasteiger partial charge in [0.25, 0.3) is 0 Å². The molecule has 10 heteroatoms. The highest BCUT2D eigenvalue weighted by Crippen LogP contribution is 2.31.